The van der Waals surface area contributed by atoms with Crippen molar-refractivity contribution in [1.82, 2.24) is 0 Å². The number of aliphatic imine (C=N–C) groups is 2. The maximum absolute atomic E-state index is 6.25. The minimum Gasteiger partial charge on any atom is -0.386 e. The average Bonchev–Trinajstić information content (AvgIpc) is 2.66. The lowest BCUT2D eigenvalue weighted by Crippen LogP contribution is -2.31. The monoisotopic (exact) mass is 362 g/mol. The zero-order valence-electron chi connectivity index (χ0n) is 16.7. The summed E-state index contributed by atoms with van der Waals surface area (Å²) in [6.45, 7) is 4.15. The van der Waals surface area contributed by atoms with Crippen molar-refractivity contribution < 1.29 is 0 Å². The molecule has 0 heterocycles. The third-order valence-electron chi connectivity index (χ3n) is 5.61. The van der Waals surface area contributed by atoms with Gasteiger partial charge >= 0.3 is 0 Å². The molecule has 0 aromatic carbocycles. The van der Waals surface area contributed by atoms with Gasteiger partial charge in [0.15, 0.2) is 0 Å². The van der Waals surface area contributed by atoms with Gasteiger partial charge in [-0.15, -0.1) is 0 Å². The van der Waals surface area contributed by atoms with Crippen molar-refractivity contribution in [1.29, 1.82) is 0 Å². The highest BCUT2D eigenvalue weighted by Crippen LogP contribution is 2.22. The first kappa shape index (κ1) is 20.8. The van der Waals surface area contributed by atoms with Crippen LogP contribution in [0.15, 0.2) is 20.2 Å². The van der Waals surface area contributed by atoms with Crippen molar-refractivity contribution in [3.05, 3.63) is 0 Å². The lowest BCUT2D eigenvalue weighted by Gasteiger charge is -2.20. The first-order valence-corrected chi connectivity index (χ1v) is 10.7. The van der Waals surface area contributed by atoms with Crippen LogP contribution in [0.1, 0.15) is 90.9 Å². The summed E-state index contributed by atoms with van der Waals surface area (Å²) in [5, 5.41) is 9.00. The van der Waals surface area contributed by atoms with Gasteiger partial charge in [-0.1, -0.05) is 52.4 Å². The Balaban J connectivity index is 1.97. The third kappa shape index (κ3) is 6.69. The Bertz CT molecular complexity index is 443. The van der Waals surface area contributed by atoms with Gasteiger partial charge in [0.05, 0.1) is 12.1 Å². The van der Waals surface area contributed by atoms with E-state index in [0.29, 0.717) is 23.8 Å². The van der Waals surface area contributed by atoms with Crippen molar-refractivity contribution in [3.8, 4) is 0 Å². The van der Waals surface area contributed by atoms with Crippen LogP contribution < -0.4 is 11.5 Å². The topological polar surface area (TPSA) is 101 Å². The van der Waals surface area contributed by atoms with Crippen molar-refractivity contribution >= 4 is 11.7 Å². The molecule has 0 aliphatic heterocycles. The second-order valence-electron chi connectivity index (χ2n) is 7.77. The van der Waals surface area contributed by atoms with Gasteiger partial charge in [0.1, 0.15) is 23.8 Å². The SMILES string of the molecule is CCC(N=NC(CC)C(N)=NC1CCCCC1)C(N)=NC1CCCCC1. The Morgan fingerprint density at radius 3 is 1.35 bits per heavy atom. The molecule has 2 aliphatic carbocycles. The van der Waals surface area contributed by atoms with Crippen molar-refractivity contribution in [2.24, 2.45) is 31.7 Å². The highest BCUT2D eigenvalue weighted by molar-refractivity contribution is 5.87. The van der Waals surface area contributed by atoms with Crippen LogP contribution >= 0.6 is 0 Å². The van der Waals surface area contributed by atoms with E-state index < -0.39 is 0 Å². The largest absolute Gasteiger partial charge is 0.386 e. The summed E-state index contributed by atoms with van der Waals surface area (Å²) in [6, 6.07) is 0.447. The van der Waals surface area contributed by atoms with E-state index in [1.807, 2.05) is 0 Å². The van der Waals surface area contributed by atoms with Crippen LogP contribution in [0.3, 0.4) is 0 Å². The molecule has 0 aromatic rings. The molecule has 0 aromatic heterocycles. The van der Waals surface area contributed by atoms with Gasteiger partial charge in [0.25, 0.3) is 0 Å². The molecule has 0 saturated heterocycles. The number of amidine groups is 2. The van der Waals surface area contributed by atoms with Gasteiger partial charge in [-0.2, -0.15) is 10.2 Å². The molecule has 4 N–H and O–H groups in total. The second-order valence-corrected chi connectivity index (χ2v) is 7.77. The van der Waals surface area contributed by atoms with Crippen molar-refractivity contribution in [2.75, 3.05) is 0 Å². The van der Waals surface area contributed by atoms with Gasteiger partial charge in [-0.05, 0) is 38.5 Å². The molecule has 2 rings (SSSR count). The van der Waals surface area contributed by atoms with Gasteiger partial charge < -0.3 is 11.5 Å². The number of hydrogen-bond acceptors (Lipinski definition) is 4. The first-order chi connectivity index (χ1) is 12.6. The minimum absolute atomic E-state index is 0.145. The predicted octanol–water partition coefficient (Wildman–Crippen LogP) is 4.38. The molecule has 2 saturated carbocycles. The van der Waals surface area contributed by atoms with Gasteiger partial charge in [-0.3, -0.25) is 9.98 Å². The summed E-state index contributed by atoms with van der Waals surface area (Å²) in [5.41, 5.74) is 12.5. The maximum atomic E-state index is 6.25. The molecule has 2 unspecified atom stereocenters. The van der Waals surface area contributed by atoms with E-state index in [4.69, 9.17) is 21.5 Å². The van der Waals surface area contributed by atoms with E-state index in [9.17, 15) is 0 Å². The van der Waals surface area contributed by atoms with Gasteiger partial charge in [0, 0.05) is 0 Å². The lowest BCUT2D eigenvalue weighted by atomic mass is 9.96. The van der Waals surface area contributed by atoms with Crippen LogP contribution in [0.5, 0.6) is 0 Å². The number of nitrogens with zero attached hydrogens (tertiary/aromatic N) is 4. The molecule has 6 heteroatoms. The average molecular weight is 363 g/mol. The number of azo groups is 1. The molecule has 26 heavy (non-hydrogen) atoms. The molecule has 2 fully saturated rings. The van der Waals surface area contributed by atoms with E-state index in [1.165, 1.54) is 38.5 Å². The van der Waals surface area contributed by atoms with E-state index in [0.717, 1.165) is 38.5 Å². The molecule has 0 spiro atoms. The smallest absolute Gasteiger partial charge is 0.127 e. The van der Waals surface area contributed by atoms with Crippen LogP contribution in [0.4, 0.5) is 0 Å². The fraction of sp³-hybridized carbons (Fsp3) is 0.900. The van der Waals surface area contributed by atoms with E-state index in [2.05, 4.69) is 24.1 Å². The molecule has 0 radical (unpaired) electrons. The van der Waals surface area contributed by atoms with Crippen LogP contribution in [0.25, 0.3) is 0 Å². The normalized spacial score (nSPS) is 24.1. The highest BCUT2D eigenvalue weighted by Gasteiger charge is 2.18. The first-order valence-electron chi connectivity index (χ1n) is 10.7. The summed E-state index contributed by atoms with van der Waals surface area (Å²) < 4.78 is 0. The number of hydrogen-bond donors (Lipinski definition) is 2. The quantitative estimate of drug-likeness (QED) is 0.380. The zero-order valence-corrected chi connectivity index (χ0v) is 16.7. The Labute approximate surface area is 159 Å². The Kier molecular flexibility index (Phi) is 9.06. The molecular weight excluding hydrogens is 324 g/mol. The van der Waals surface area contributed by atoms with E-state index in [1.54, 1.807) is 0 Å². The molecule has 0 amide bonds. The van der Waals surface area contributed by atoms with Crippen molar-refractivity contribution in [2.45, 2.75) is 115 Å². The van der Waals surface area contributed by atoms with Crippen LogP contribution in [-0.4, -0.2) is 35.8 Å². The molecule has 2 atom stereocenters. The minimum atomic E-state index is -0.145. The summed E-state index contributed by atoms with van der Waals surface area (Å²) in [5.74, 6) is 1.25. The summed E-state index contributed by atoms with van der Waals surface area (Å²) in [4.78, 5) is 9.46. The van der Waals surface area contributed by atoms with Crippen LogP contribution in [0.2, 0.25) is 0 Å². The molecule has 6 nitrogen and oxygen atoms in total. The summed E-state index contributed by atoms with van der Waals surface area (Å²) in [7, 11) is 0. The summed E-state index contributed by atoms with van der Waals surface area (Å²) in [6.07, 6.45) is 13.9. The van der Waals surface area contributed by atoms with E-state index in [-0.39, 0.29) is 12.1 Å². The molecule has 2 aliphatic rings. The number of rotatable bonds is 8. The zero-order chi connectivity index (χ0) is 18.8. The van der Waals surface area contributed by atoms with E-state index >= 15 is 0 Å². The van der Waals surface area contributed by atoms with Gasteiger partial charge in [-0.25, -0.2) is 0 Å². The fourth-order valence-electron chi connectivity index (χ4n) is 3.87. The maximum Gasteiger partial charge on any atom is 0.127 e. The Morgan fingerprint density at radius 1 is 0.692 bits per heavy atom. The number of nitrogens with two attached hydrogens (primary N) is 2. The highest BCUT2D eigenvalue weighted by atomic mass is 15.2. The Hall–Kier alpha value is -1.46. The van der Waals surface area contributed by atoms with Crippen molar-refractivity contribution in [3.63, 3.8) is 0 Å². The molecular formula is C20H38N6. The second kappa shape index (κ2) is 11.3. The fourth-order valence-corrected chi connectivity index (χ4v) is 3.87. The molecule has 148 valence electrons. The van der Waals surface area contributed by atoms with Crippen LogP contribution in [0, 0.1) is 0 Å². The third-order valence-corrected chi connectivity index (χ3v) is 5.61. The standard InChI is InChI=1S/C20H38N6/c1-3-17(19(21)23-15-11-7-5-8-12-15)25-26-18(4-2)20(22)24-16-13-9-6-10-14-16/h15-18H,3-14H2,1-2H3,(H2,21,23)(H2,22,24). The molecule has 0 bridgehead atoms. The lowest BCUT2D eigenvalue weighted by molar-refractivity contribution is 0.441. The summed E-state index contributed by atoms with van der Waals surface area (Å²) >= 11 is 0. The van der Waals surface area contributed by atoms with Crippen LogP contribution in [-0.2, 0) is 0 Å². The predicted molar refractivity (Wildman–Crippen MR) is 110 cm³/mol. The van der Waals surface area contributed by atoms with Gasteiger partial charge in [0.2, 0.25) is 0 Å². The Morgan fingerprint density at radius 2 is 1.04 bits per heavy atom.